The molecule has 1 fully saturated rings. The van der Waals surface area contributed by atoms with E-state index in [2.05, 4.69) is 20.2 Å². The highest BCUT2D eigenvalue weighted by molar-refractivity contribution is 7.98. The van der Waals surface area contributed by atoms with Gasteiger partial charge in [0.25, 0.3) is 5.91 Å². The lowest BCUT2D eigenvalue weighted by Crippen LogP contribution is -2.50. The van der Waals surface area contributed by atoms with Crippen LogP contribution in [0, 0.1) is 0 Å². The Morgan fingerprint density at radius 2 is 1.81 bits per heavy atom. The van der Waals surface area contributed by atoms with Crippen molar-refractivity contribution >= 4 is 35.1 Å². The van der Waals surface area contributed by atoms with Gasteiger partial charge in [-0.1, -0.05) is 30.0 Å². The van der Waals surface area contributed by atoms with Gasteiger partial charge in [0, 0.05) is 55.2 Å². The third-order valence-electron chi connectivity index (χ3n) is 5.76. The highest BCUT2D eigenvalue weighted by Gasteiger charge is 2.27. The summed E-state index contributed by atoms with van der Waals surface area (Å²) in [5.74, 6) is 1.13. The molecule has 0 atom stereocenters. The molecule has 4 heterocycles. The number of pyridine rings is 1. The normalized spacial score (nSPS) is 13.5. The van der Waals surface area contributed by atoms with Gasteiger partial charge in [-0.15, -0.1) is 21.5 Å². The summed E-state index contributed by atoms with van der Waals surface area (Å²) in [6.07, 6.45) is 3.16. The molecule has 0 saturated carbocycles. The fourth-order valence-corrected chi connectivity index (χ4v) is 5.66. The summed E-state index contributed by atoms with van der Waals surface area (Å²) in [5.41, 5.74) is 2.24. The Morgan fingerprint density at radius 1 is 1.03 bits per heavy atom. The first kappa shape index (κ1) is 24.9. The third kappa shape index (κ3) is 5.65. The first-order chi connectivity index (χ1) is 18.1. The quantitative estimate of drug-likeness (QED) is 0.327. The lowest BCUT2D eigenvalue weighted by atomic mass is 10.2. The number of rotatable bonds is 7. The van der Waals surface area contributed by atoms with E-state index in [0.717, 1.165) is 21.4 Å². The summed E-state index contributed by atoms with van der Waals surface area (Å²) in [6, 6.07) is 13.8. The zero-order chi connectivity index (χ0) is 25.6. The summed E-state index contributed by atoms with van der Waals surface area (Å²) in [7, 11) is 0. The van der Waals surface area contributed by atoms with Gasteiger partial charge in [-0.25, -0.2) is 9.78 Å². The zero-order valence-corrected chi connectivity index (χ0v) is 21.8. The topological polar surface area (TPSA) is 106 Å². The smallest absolute Gasteiger partial charge is 0.409 e. The average Bonchev–Trinajstić information content (AvgIpc) is 3.60. The van der Waals surface area contributed by atoms with Crippen LogP contribution in [0.4, 0.5) is 4.79 Å². The maximum absolute atomic E-state index is 13.0. The van der Waals surface area contributed by atoms with E-state index >= 15 is 0 Å². The number of nitrogens with zero attached hydrogens (tertiary/aromatic N) is 7. The number of thioether (sulfide) groups is 1. The van der Waals surface area contributed by atoms with Crippen LogP contribution in [0.1, 0.15) is 22.4 Å². The molecule has 10 nitrogen and oxygen atoms in total. The average molecular weight is 536 g/mol. The van der Waals surface area contributed by atoms with E-state index in [-0.39, 0.29) is 12.0 Å². The molecule has 1 aliphatic rings. The SMILES string of the molecule is CCOC(=O)N1CCN(C(=O)c2csc(CSc3nnc(-c4cccnc4)n3-c3ccccc3)n2)CC1. The van der Waals surface area contributed by atoms with Crippen molar-refractivity contribution in [3.05, 3.63) is 70.9 Å². The highest BCUT2D eigenvalue weighted by Crippen LogP contribution is 2.30. The Bertz CT molecular complexity index is 1350. The Kier molecular flexibility index (Phi) is 7.76. The van der Waals surface area contributed by atoms with Gasteiger partial charge in [0.15, 0.2) is 11.0 Å². The van der Waals surface area contributed by atoms with E-state index in [0.29, 0.717) is 50.1 Å². The number of benzene rings is 1. The molecular formula is C25H25N7O3S2. The van der Waals surface area contributed by atoms with Crippen molar-refractivity contribution in [2.24, 2.45) is 0 Å². The first-order valence-corrected chi connectivity index (χ1v) is 13.7. The number of amides is 2. The molecule has 37 heavy (non-hydrogen) atoms. The van der Waals surface area contributed by atoms with E-state index in [1.54, 1.807) is 34.5 Å². The first-order valence-electron chi connectivity index (χ1n) is 11.8. The van der Waals surface area contributed by atoms with Gasteiger partial charge in [-0.3, -0.25) is 14.3 Å². The Labute approximate surface area is 222 Å². The predicted molar refractivity (Wildman–Crippen MR) is 141 cm³/mol. The summed E-state index contributed by atoms with van der Waals surface area (Å²) >= 11 is 2.96. The van der Waals surface area contributed by atoms with Crippen LogP contribution in [0.25, 0.3) is 17.1 Å². The predicted octanol–water partition coefficient (Wildman–Crippen LogP) is 3.99. The van der Waals surface area contributed by atoms with Gasteiger partial charge in [-0.05, 0) is 31.2 Å². The lowest BCUT2D eigenvalue weighted by Gasteiger charge is -2.33. The minimum absolute atomic E-state index is 0.123. The standard InChI is InChI=1S/C25H25N7O3S2/c1-2-35-25(34)31-13-11-30(12-14-31)23(33)20-16-36-21(27-20)17-37-24-29-28-22(18-7-6-10-26-15-18)32(24)19-8-4-3-5-9-19/h3-10,15-16H,2,11-14,17H2,1H3. The third-order valence-corrected chi connectivity index (χ3v) is 7.73. The molecule has 0 radical (unpaired) electrons. The Balaban J connectivity index is 1.26. The van der Waals surface area contributed by atoms with Crippen LogP contribution in [0.5, 0.6) is 0 Å². The maximum Gasteiger partial charge on any atom is 0.409 e. The molecule has 5 rings (SSSR count). The summed E-state index contributed by atoms with van der Waals surface area (Å²) in [5, 5.41) is 12.2. The number of piperazine rings is 1. The Morgan fingerprint density at radius 3 is 2.54 bits per heavy atom. The van der Waals surface area contributed by atoms with E-state index in [1.165, 1.54) is 23.1 Å². The molecular weight excluding hydrogens is 510 g/mol. The van der Waals surface area contributed by atoms with Gasteiger partial charge in [-0.2, -0.15) is 0 Å². The van der Waals surface area contributed by atoms with Crippen molar-refractivity contribution in [1.29, 1.82) is 0 Å². The van der Waals surface area contributed by atoms with Gasteiger partial charge in [0.2, 0.25) is 0 Å². The number of aromatic nitrogens is 5. The molecule has 2 amide bonds. The van der Waals surface area contributed by atoms with Crippen LogP contribution in [0.15, 0.2) is 65.4 Å². The van der Waals surface area contributed by atoms with Crippen LogP contribution in [-0.2, 0) is 10.5 Å². The molecule has 1 saturated heterocycles. The second kappa shape index (κ2) is 11.5. The molecule has 1 aliphatic heterocycles. The second-order valence-electron chi connectivity index (χ2n) is 8.11. The largest absolute Gasteiger partial charge is 0.450 e. The van der Waals surface area contributed by atoms with Crippen molar-refractivity contribution in [1.82, 2.24) is 34.5 Å². The van der Waals surface area contributed by atoms with E-state index in [1.807, 2.05) is 47.0 Å². The number of ether oxygens (including phenoxy) is 1. The van der Waals surface area contributed by atoms with Gasteiger partial charge in [0.1, 0.15) is 10.7 Å². The molecule has 0 unspecified atom stereocenters. The number of thiazole rings is 1. The molecule has 0 N–H and O–H groups in total. The van der Waals surface area contributed by atoms with Crippen LogP contribution in [0.2, 0.25) is 0 Å². The second-order valence-corrected chi connectivity index (χ2v) is 10.00. The molecule has 4 aromatic rings. The van der Waals surface area contributed by atoms with Crippen LogP contribution < -0.4 is 0 Å². The van der Waals surface area contributed by atoms with E-state index < -0.39 is 0 Å². The van der Waals surface area contributed by atoms with E-state index in [4.69, 9.17) is 4.74 Å². The lowest BCUT2D eigenvalue weighted by molar-refractivity contribution is 0.0566. The minimum atomic E-state index is -0.336. The minimum Gasteiger partial charge on any atom is -0.450 e. The molecule has 0 spiro atoms. The van der Waals surface area contributed by atoms with Crippen LogP contribution in [0.3, 0.4) is 0 Å². The van der Waals surface area contributed by atoms with Crippen LogP contribution >= 0.6 is 23.1 Å². The summed E-state index contributed by atoms with van der Waals surface area (Å²) < 4.78 is 7.05. The van der Waals surface area contributed by atoms with Crippen molar-refractivity contribution in [2.75, 3.05) is 32.8 Å². The number of hydrogen-bond acceptors (Lipinski definition) is 9. The molecule has 3 aromatic heterocycles. The maximum atomic E-state index is 13.0. The summed E-state index contributed by atoms with van der Waals surface area (Å²) in [6.45, 7) is 3.93. The van der Waals surface area contributed by atoms with Gasteiger partial charge < -0.3 is 14.5 Å². The van der Waals surface area contributed by atoms with Crippen molar-refractivity contribution < 1.29 is 14.3 Å². The van der Waals surface area contributed by atoms with Crippen molar-refractivity contribution in [2.45, 2.75) is 17.8 Å². The highest BCUT2D eigenvalue weighted by atomic mass is 32.2. The van der Waals surface area contributed by atoms with Gasteiger partial charge in [0.05, 0.1) is 12.4 Å². The fourth-order valence-electron chi connectivity index (χ4n) is 3.93. The zero-order valence-electron chi connectivity index (χ0n) is 20.2. The molecule has 12 heteroatoms. The van der Waals surface area contributed by atoms with E-state index in [9.17, 15) is 9.59 Å². The molecule has 0 bridgehead atoms. The van der Waals surface area contributed by atoms with Gasteiger partial charge >= 0.3 is 6.09 Å². The molecule has 1 aromatic carbocycles. The molecule has 0 aliphatic carbocycles. The fraction of sp³-hybridized carbons (Fsp3) is 0.280. The van der Waals surface area contributed by atoms with Crippen LogP contribution in [-0.4, -0.2) is 79.3 Å². The monoisotopic (exact) mass is 535 g/mol. The summed E-state index contributed by atoms with van der Waals surface area (Å²) in [4.78, 5) is 37.1. The Hall–Kier alpha value is -3.77. The number of para-hydroxylation sites is 1. The number of hydrogen-bond donors (Lipinski definition) is 0. The molecule has 190 valence electrons. The number of carbonyl (C=O) groups is 2. The van der Waals surface area contributed by atoms with Crippen molar-refractivity contribution in [3.8, 4) is 17.1 Å². The number of carbonyl (C=O) groups excluding carboxylic acids is 2. The van der Waals surface area contributed by atoms with Crippen molar-refractivity contribution in [3.63, 3.8) is 0 Å².